The molecule has 26 heavy (non-hydrogen) atoms. The van der Waals surface area contributed by atoms with Crippen molar-refractivity contribution >= 4 is 0 Å². The summed E-state index contributed by atoms with van der Waals surface area (Å²) in [7, 11) is 0. The van der Waals surface area contributed by atoms with Crippen molar-refractivity contribution in [2.45, 2.75) is 32.7 Å². The summed E-state index contributed by atoms with van der Waals surface area (Å²) in [6.45, 7) is 2.77. The predicted molar refractivity (Wildman–Crippen MR) is 101 cm³/mol. The maximum Gasteiger partial charge on any atom is 0.179 e. The Labute approximate surface area is 154 Å². The zero-order valence-corrected chi connectivity index (χ0v) is 14.8. The third-order valence-electron chi connectivity index (χ3n) is 4.06. The van der Waals surface area contributed by atoms with Crippen LogP contribution in [-0.2, 0) is 13.2 Å². The quantitative estimate of drug-likeness (QED) is 0.641. The Balaban J connectivity index is 1.77. The Morgan fingerprint density at radius 2 is 1.38 bits per heavy atom. The molecule has 3 aromatic rings. The zero-order chi connectivity index (χ0) is 18.2. The summed E-state index contributed by atoms with van der Waals surface area (Å²) in [5, 5.41) is 10.1. The van der Waals surface area contributed by atoms with Crippen LogP contribution in [0.5, 0.6) is 11.5 Å². The van der Waals surface area contributed by atoms with E-state index in [9.17, 15) is 5.11 Å². The van der Waals surface area contributed by atoms with E-state index in [0.717, 1.165) is 11.1 Å². The average molecular weight is 349 g/mol. The van der Waals surface area contributed by atoms with Gasteiger partial charge in [-0.3, -0.25) is 4.98 Å². The van der Waals surface area contributed by atoms with E-state index >= 15 is 0 Å². The second-order valence-corrected chi connectivity index (χ2v) is 6.03. The van der Waals surface area contributed by atoms with Crippen LogP contribution in [0.2, 0.25) is 0 Å². The van der Waals surface area contributed by atoms with Gasteiger partial charge in [0.1, 0.15) is 13.2 Å². The minimum Gasteiger partial charge on any atom is -0.485 e. The molecule has 0 aliphatic heterocycles. The number of pyridine rings is 1. The van der Waals surface area contributed by atoms with Crippen LogP contribution in [0.15, 0.2) is 72.9 Å². The highest BCUT2D eigenvalue weighted by atomic mass is 16.5. The normalized spacial score (nSPS) is 11.8. The Hall–Kier alpha value is -2.85. The molecule has 0 bridgehead atoms. The monoisotopic (exact) mass is 349 g/mol. The number of nitrogens with zero attached hydrogens (tertiary/aromatic N) is 1. The fraction of sp³-hybridized carbons (Fsp3) is 0.227. The molecule has 1 heterocycles. The van der Waals surface area contributed by atoms with Gasteiger partial charge < -0.3 is 14.6 Å². The summed E-state index contributed by atoms with van der Waals surface area (Å²) in [6.07, 6.45) is 1.60. The minimum atomic E-state index is -0.614. The molecule has 0 amide bonds. The van der Waals surface area contributed by atoms with Crippen molar-refractivity contribution < 1.29 is 14.6 Å². The number of hydrogen-bond acceptors (Lipinski definition) is 4. The predicted octanol–water partition coefficient (Wildman–Crippen LogP) is 4.68. The number of aliphatic hydroxyl groups is 1. The number of ether oxygens (including phenoxy) is 2. The van der Waals surface area contributed by atoms with Crippen LogP contribution in [0, 0.1) is 0 Å². The number of rotatable bonds is 8. The largest absolute Gasteiger partial charge is 0.485 e. The third-order valence-corrected chi connectivity index (χ3v) is 4.06. The smallest absolute Gasteiger partial charge is 0.179 e. The lowest BCUT2D eigenvalue weighted by molar-refractivity contribution is 0.167. The molecule has 1 N–H and O–H groups in total. The van der Waals surface area contributed by atoms with Crippen molar-refractivity contribution in [2.24, 2.45) is 0 Å². The molecule has 0 radical (unpaired) electrons. The molecule has 0 fully saturated rings. The maximum atomic E-state index is 10.1. The number of aromatic nitrogens is 1. The highest BCUT2D eigenvalue weighted by Crippen LogP contribution is 2.31. The van der Waals surface area contributed by atoms with Gasteiger partial charge in [0.15, 0.2) is 11.5 Å². The van der Waals surface area contributed by atoms with Crippen molar-refractivity contribution in [3.05, 3.63) is 89.7 Å². The average Bonchev–Trinajstić information content (AvgIpc) is 2.72. The standard InChI is InChI=1S/C22H23NO3/c1-2-20(24)19-13-21(25-15-17-9-5-3-6-10-17)22(14-23-19)26-16-18-11-7-4-8-12-18/h3-14,20,24H,2,15-16H2,1H3. The molecule has 2 aromatic carbocycles. The van der Waals surface area contributed by atoms with Crippen LogP contribution in [0.1, 0.15) is 36.3 Å². The maximum absolute atomic E-state index is 10.1. The highest BCUT2D eigenvalue weighted by molar-refractivity contribution is 5.40. The van der Waals surface area contributed by atoms with Crippen molar-refractivity contribution in [3.8, 4) is 11.5 Å². The van der Waals surface area contributed by atoms with Crippen LogP contribution in [0.4, 0.5) is 0 Å². The Kier molecular flexibility index (Phi) is 6.23. The first-order valence-electron chi connectivity index (χ1n) is 8.77. The lowest BCUT2D eigenvalue weighted by atomic mass is 10.2. The summed E-state index contributed by atoms with van der Waals surface area (Å²) in [6, 6.07) is 21.6. The van der Waals surface area contributed by atoms with Crippen LogP contribution in [0.25, 0.3) is 0 Å². The molecular weight excluding hydrogens is 326 g/mol. The number of benzene rings is 2. The van der Waals surface area contributed by atoms with Crippen LogP contribution < -0.4 is 9.47 Å². The molecule has 0 spiro atoms. The summed E-state index contributed by atoms with van der Waals surface area (Å²) < 4.78 is 11.9. The topological polar surface area (TPSA) is 51.6 Å². The molecule has 3 rings (SSSR count). The van der Waals surface area contributed by atoms with Gasteiger partial charge in [0.05, 0.1) is 18.0 Å². The molecular formula is C22H23NO3. The van der Waals surface area contributed by atoms with Gasteiger partial charge in [0.2, 0.25) is 0 Å². The second kappa shape index (κ2) is 9.02. The Morgan fingerprint density at radius 3 is 1.92 bits per heavy atom. The molecule has 0 aliphatic rings. The fourth-order valence-electron chi connectivity index (χ4n) is 2.52. The number of hydrogen-bond donors (Lipinski definition) is 1. The summed E-state index contributed by atoms with van der Waals surface area (Å²) in [4.78, 5) is 4.32. The highest BCUT2D eigenvalue weighted by Gasteiger charge is 2.13. The van der Waals surface area contributed by atoms with E-state index in [1.807, 2.05) is 67.6 Å². The molecule has 1 unspecified atom stereocenters. The minimum absolute atomic E-state index is 0.425. The van der Waals surface area contributed by atoms with E-state index in [2.05, 4.69) is 4.98 Å². The third kappa shape index (κ3) is 4.83. The molecule has 4 nitrogen and oxygen atoms in total. The summed E-state index contributed by atoms with van der Waals surface area (Å²) >= 11 is 0. The van der Waals surface area contributed by atoms with E-state index in [1.54, 1.807) is 12.3 Å². The van der Waals surface area contributed by atoms with Crippen LogP contribution in [0.3, 0.4) is 0 Å². The summed E-state index contributed by atoms with van der Waals surface area (Å²) in [5.74, 6) is 1.15. The van der Waals surface area contributed by atoms with Gasteiger partial charge in [0, 0.05) is 6.07 Å². The van der Waals surface area contributed by atoms with Gasteiger partial charge >= 0.3 is 0 Å². The Bertz CT molecular complexity index is 806. The van der Waals surface area contributed by atoms with E-state index in [0.29, 0.717) is 36.8 Å². The van der Waals surface area contributed by atoms with E-state index < -0.39 is 6.10 Å². The van der Waals surface area contributed by atoms with Crippen molar-refractivity contribution in [2.75, 3.05) is 0 Å². The van der Waals surface area contributed by atoms with Gasteiger partial charge in [-0.25, -0.2) is 0 Å². The van der Waals surface area contributed by atoms with E-state index in [1.165, 1.54) is 0 Å². The van der Waals surface area contributed by atoms with Crippen molar-refractivity contribution in [1.82, 2.24) is 4.98 Å². The second-order valence-electron chi connectivity index (χ2n) is 6.03. The van der Waals surface area contributed by atoms with Crippen molar-refractivity contribution in [1.29, 1.82) is 0 Å². The van der Waals surface area contributed by atoms with Gasteiger partial charge in [-0.15, -0.1) is 0 Å². The number of aliphatic hydroxyl groups excluding tert-OH is 1. The molecule has 134 valence electrons. The summed E-state index contributed by atoms with van der Waals surface area (Å²) in [5.41, 5.74) is 2.72. The van der Waals surface area contributed by atoms with Gasteiger partial charge in [-0.05, 0) is 17.5 Å². The first-order valence-corrected chi connectivity index (χ1v) is 8.77. The van der Waals surface area contributed by atoms with Crippen molar-refractivity contribution in [3.63, 3.8) is 0 Å². The van der Waals surface area contributed by atoms with Gasteiger partial charge in [0.25, 0.3) is 0 Å². The van der Waals surface area contributed by atoms with Gasteiger partial charge in [-0.1, -0.05) is 67.6 Å². The van der Waals surface area contributed by atoms with E-state index in [-0.39, 0.29) is 0 Å². The molecule has 4 heteroatoms. The molecule has 1 atom stereocenters. The van der Waals surface area contributed by atoms with E-state index in [4.69, 9.17) is 9.47 Å². The lowest BCUT2D eigenvalue weighted by Crippen LogP contribution is -2.04. The first kappa shape index (κ1) is 18.0. The molecule has 0 saturated carbocycles. The lowest BCUT2D eigenvalue weighted by Gasteiger charge is -2.15. The molecule has 0 saturated heterocycles. The SMILES string of the molecule is CCC(O)c1cc(OCc2ccccc2)c(OCc2ccccc2)cn1. The molecule has 1 aromatic heterocycles. The van der Waals surface area contributed by atoms with Crippen LogP contribution >= 0.6 is 0 Å². The zero-order valence-electron chi connectivity index (χ0n) is 14.8. The first-order chi connectivity index (χ1) is 12.8. The fourth-order valence-corrected chi connectivity index (χ4v) is 2.52. The molecule has 0 aliphatic carbocycles. The Morgan fingerprint density at radius 1 is 0.846 bits per heavy atom. The van der Waals surface area contributed by atoms with Gasteiger partial charge in [-0.2, -0.15) is 0 Å². The van der Waals surface area contributed by atoms with Crippen LogP contribution in [-0.4, -0.2) is 10.1 Å².